The Kier molecular flexibility index (Phi) is 10.2. The van der Waals surface area contributed by atoms with Crippen molar-refractivity contribution in [1.29, 1.82) is 0 Å². The molecule has 2 aliphatic rings. The minimum Gasteiger partial charge on any atom is -0.453 e. The highest BCUT2D eigenvalue weighted by atomic mass is 16.5. The van der Waals surface area contributed by atoms with Crippen molar-refractivity contribution in [2.24, 2.45) is 4.99 Å². The Balaban J connectivity index is 1.13. The maximum absolute atomic E-state index is 13.8. The SMILES string of the molecule is C=N/C=C(\NC[C@@H]1CCCN1C)c1ccc(-c2ccc(-c3cnc([C@@H]4CCCN4C(=O)[C@H](NC(=O)OC)c4ccccc4)[nH]3)nn2)cc1. The summed E-state index contributed by atoms with van der Waals surface area (Å²) in [6, 6.07) is 20.5. The van der Waals surface area contributed by atoms with E-state index in [0.717, 1.165) is 48.4 Å². The van der Waals surface area contributed by atoms with E-state index in [1.54, 1.807) is 17.3 Å². The summed E-state index contributed by atoms with van der Waals surface area (Å²) < 4.78 is 4.80. The average Bonchev–Trinajstić information content (AvgIpc) is 3.91. The summed E-state index contributed by atoms with van der Waals surface area (Å²) in [4.78, 5) is 42.1. The number of carbonyl (C=O) groups is 2. The van der Waals surface area contributed by atoms with E-state index in [1.165, 1.54) is 20.0 Å². The van der Waals surface area contributed by atoms with Gasteiger partial charge in [-0.2, -0.15) is 0 Å². The van der Waals surface area contributed by atoms with E-state index in [1.807, 2.05) is 66.7 Å². The molecule has 4 heterocycles. The van der Waals surface area contributed by atoms with Crippen LogP contribution in [-0.4, -0.2) is 88.5 Å². The lowest BCUT2D eigenvalue weighted by molar-refractivity contribution is -0.134. The molecule has 6 rings (SSSR count). The zero-order valence-electron chi connectivity index (χ0n) is 27.3. The molecular formula is C36H41N9O3. The summed E-state index contributed by atoms with van der Waals surface area (Å²) in [5, 5.41) is 15.2. The van der Waals surface area contributed by atoms with Crippen molar-refractivity contribution < 1.29 is 14.3 Å². The highest BCUT2D eigenvalue weighted by molar-refractivity contribution is 5.87. The van der Waals surface area contributed by atoms with Gasteiger partial charge in [-0.15, -0.1) is 10.2 Å². The van der Waals surface area contributed by atoms with Gasteiger partial charge in [-0.3, -0.25) is 9.79 Å². The maximum atomic E-state index is 13.8. The van der Waals surface area contributed by atoms with Crippen LogP contribution in [0.5, 0.6) is 0 Å². The van der Waals surface area contributed by atoms with Gasteiger partial charge in [0, 0.05) is 30.9 Å². The van der Waals surface area contributed by atoms with Gasteiger partial charge in [-0.1, -0.05) is 54.6 Å². The topological polar surface area (TPSA) is 141 Å². The maximum Gasteiger partial charge on any atom is 0.407 e. The third kappa shape index (κ3) is 7.28. The van der Waals surface area contributed by atoms with Gasteiger partial charge in [0.2, 0.25) is 0 Å². The van der Waals surface area contributed by atoms with E-state index in [4.69, 9.17) is 4.74 Å². The first-order valence-corrected chi connectivity index (χ1v) is 16.2. The third-order valence-electron chi connectivity index (χ3n) is 9.13. The van der Waals surface area contributed by atoms with Crippen molar-refractivity contribution in [3.05, 3.63) is 96.1 Å². The van der Waals surface area contributed by atoms with E-state index in [-0.39, 0.29) is 11.9 Å². The minimum absolute atomic E-state index is 0.220. The van der Waals surface area contributed by atoms with Crippen LogP contribution in [0.15, 0.2) is 84.1 Å². The second-order valence-corrected chi connectivity index (χ2v) is 12.1. The molecule has 4 aromatic rings. The van der Waals surface area contributed by atoms with Gasteiger partial charge in [-0.05, 0) is 69.3 Å². The molecule has 0 bridgehead atoms. The third-order valence-corrected chi connectivity index (χ3v) is 9.13. The molecule has 2 aromatic carbocycles. The molecule has 0 aliphatic carbocycles. The number of aromatic nitrogens is 4. The first kappa shape index (κ1) is 32.6. The number of likely N-dealkylation sites (tertiary alicyclic amines) is 2. The smallest absolute Gasteiger partial charge is 0.407 e. The molecule has 0 saturated carbocycles. The predicted octanol–water partition coefficient (Wildman–Crippen LogP) is 4.98. The van der Waals surface area contributed by atoms with E-state index >= 15 is 0 Å². The summed E-state index contributed by atoms with van der Waals surface area (Å²) in [6.45, 7) is 6.19. The fourth-order valence-corrected chi connectivity index (χ4v) is 6.46. The van der Waals surface area contributed by atoms with Crippen LogP contribution >= 0.6 is 0 Å². The lowest BCUT2D eigenvalue weighted by atomic mass is 10.1. The van der Waals surface area contributed by atoms with Gasteiger partial charge in [0.1, 0.15) is 17.6 Å². The Labute approximate surface area is 280 Å². The molecule has 2 amide bonds. The number of hydrogen-bond donors (Lipinski definition) is 3. The molecular weight excluding hydrogens is 606 g/mol. The second-order valence-electron chi connectivity index (χ2n) is 12.1. The number of rotatable bonds is 11. The van der Waals surface area contributed by atoms with Crippen LogP contribution in [0.1, 0.15) is 54.7 Å². The van der Waals surface area contributed by atoms with Crippen LogP contribution < -0.4 is 10.6 Å². The lowest BCUT2D eigenvalue weighted by Crippen LogP contribution is -2.42. The number of H-pyrrole nitrogens is 1. The molecule has 0 spiro atoms. The summed E-state index contributed by atoms with van der Waals surface area (Å²) in [6.07, 6.45) is 6.78. The molecule has 2 fully saturated rings. The van der Waals surface area contributed by atoms with Gasteiger partial charge in [-0.25, -0.2) is 9.78 Å². The van der Waals surface area contributed by atoms with Gasteiger partial charge in [0.15, 0.2) is 0 Å². The van der Waals surface area contributed by atoms with Crippen LogP contribution in [0, 0.1) is 0 Å². The number of nitrogens with one attached hydrogen (secondary N) is 3. The number of alkyl carbamates (subject to hydrolysis) is 1. The molecule has 2 aromatic heterocycles. The van der Waals surface area contributed by atoms with Gasteiger partial charge >= 0.3 is 6.09 Å². The number of likely N-dealkylation sites (N-methyl/N-ethyl adjacent to an activating group) is 1. The number of carbonyl (C=O) groups excluding carboxylic acids is 2. The standard InChI is InChI=1S/C36H41N9O3/c1-37-22-30(38-21-27-11-7-19-44(27)2)25-15-13-24(14-16-25)28-17-18-29(43-42-28)31-23-39-34(40-31)32-12-8-20-45(32)35(46)33(41-36(47)48-3)26-9-5-4-6-10-26/h4-6,9-10,13-18,22-23,27,32-33,38H,1,7-8,11-12,19-21H2,2-3H3,(H,39,40)(H,41,47)/b30-22-/t27-,32-,33+/m0/s1. The summed E-state index contributed by atoms with van der Waals surface area (Å²) in [5.74, 6) is 0.441. The molecule has 48 heavy (non-hydrogen) atoms. The fourth-order valence-electron chi connectivity index (χ4n) is 6.46. The van der Waals surface area contributed by atoms with E-state index in [9.17, 15) is 9.59 Å². The number of aromatic amines is 1. The number of benzene rings is 2. The zero-order chi connectivity index (χ0) is 33.5. The quantitative estimate of drug-likeness (QED) is 0.194. The monoisotopic (exact) mass is 647 g/mol. The number of ether oxygens (including phenoxy) is 1. The van der Waals surface area contributed by atoms with E-state index in [0.29, 0.717) is 35.4 Å². The molecule has 3 N–H and O–H groups in total. The molecule has 12 nitrogen and oxygen atoms in total. The van der Waals surface area contributed by atoms with Gasteiger partial charge in [0.05, 0.1) is 36.4 Å². The molecule has 0 unspecified atom stereocenters. The van der Waals surface area contributed by atoms with Gasteiger partial charge in [0.25, 0.3) is 5.91 Å². The van der Waals surface area contributed by atoms with Crippen LogP contribution in [0.2, 0.25) is 0 Å². The molecule has 248 valence electrons. The first-order chi connectivity index (χ1) is 23.4. The molecule has 0 radical (unpaired) electrons. The summed E-state index contributed by atoms with van der Waals surface area (Å²) in [7, 11) is 3.45. The number of hydrogen-bond acceptors (Lipinski definition) is 9. The average molecular weight is 648 g/mol. The number of imidazole rings is 1. The first-order valence-electron chi connectivity index (χ1n) is 16.2. The Morgan fingerprint density at radius 2 is 1.79 bits per heavy atom. The van der Waals surface area contributed by atoms with Crippen molar-refractivity contribution >= 4 is 24.4 Å². The van der Waals surface area contributed by atoms with E-state index in [2.05, 4.69) is 54.5 Å². The lowest BCUT2D eigenvalue weighted by Gasteiger charge is -2.28. The number of aliphatic imine (C=N–C) groups is 1. The Morgan fingerprint density at radius 1 is 1.04 bits per heavy atom. The minimum atomic E-state index is -0.877. The highest BCUT2D eigenvalue weighted by Crippen LogP contribution is 2.34. The van der Waals surface area contributed by atoms with Crippen molar-refractivity contribution in [2.45, 2.75) is 43.8 Å². The van der Waals surface area contributed by atoms with Crippen molar-refractivity contribution in [1.82, 2.24) is 40.6 Å². The van der Waals surface area contributed by atoms with Crippen molar-refractivity contribution in [3.63, 3.8) is 0 Å². The van der Waals surface area contributed by atoms with Crippen LogP contribution in [0.25, 0.3) is 28.3 Å². The largest absolute Gasteiger partial charge is 0.453 e. The van der Waals surface area contributed by atoms with E-state index < -0.39 is 12.1 Å². The fraction of sp³-hybridized carbons (Fsp3) is 0.333. The summed E-state index contributed by atoms with van der Waals surface area (Å²) in [5.41, 5.74) is 5.68. The Hall–Kier alpha value is -5.36. The highest BCUT2D eigenvalue weighted by Gasteiger charge is 2.37. The molecule has 3 atom stereocenters. The number of nitrogens with zero attached hydrogens (tertiary/aromatic N) is 6. The number of methoxy groups -OCH3 is 1. The van der Waals surface area contributed by atoms with Crippen molar-refractivity contribution in [3.8, 4) is 22.6 Å². The zero-order valence-corrected chi connectivity index (χ0v) is 27.3. The van der Waals surface area contributed by atoms with Crippen LogP contribution in [0.4, 0.5) is 4.79 Å². The second kappa shape index (κ2) is 15.0. The van der Waals surface area contributed by atoms with Gasteiger partial charge < -0.3 is 30.2 Å². The van der Waals surface area contributed by atoms with Crippen molar-refractivity contribution in [2.75, 3.05) is 33.8 Å². The van der Waals surface area contributed by atoms with Crippen LogP contribution in [0.3, 0.4) is 0 Å². The van der Waals surface area contributed by atoms with Crippen LogP contribution in [-0.2, 0) is 9.53 Å². The Morgan fingerprint density at radius 3 is 2.48 bits per heavy atom. The normalized spacial score (nSPS) is 18.8. The number of amides is 2. The Bertz CT molecular complexity index is 1740. The predicted molar refractivity (Wildman–Crippen MR) is 185 cm³/mol. The molecule has 2 aliphatic heterocycles. The summed E-state index contributed by atoms with van der Waals surface area (Å²) >= 11 is 0. The molecule has 12 heteroatoms. The molecule has 2 saturated heterocycles.